The lowest BCUT2D eigenvalue weighted by molar-refractivity contribution is -0.137. The van der Waals surface area contributed by atoms with Crippen molar-refractivity contribution in [2.24, 2.45) is 0 Å². The average Bonchev–Trinajstić information content (AvgIpc) is 2.71. The number of ether oxygens (including phenoxy) is 4. The Kier molecular flexibility index (Phi) is 10.2. The number of carbonyl (C=O) groups is 4. The van der Waals surface area contributed by atoms with Crippen LogP contribution in [0.15, 0.2) is 12.1 Å². The van der Waals surface area contributed by atoms with E-state index in [9.17, 15) is 19.2 Å². The topological polar surface area (TPSA) is 105 Å². The van der Waals surface area contributed by atoms with E-state index in [1.54, 1.807) is 27.7 Å². The highest BCUT2D eigenvalue weighted by Crippen LogP contribution is 2.19. The van der Waals surface area contributed by atoms with E-state index < -0.39 is 23.9 Å². The van der Waals surface area contributed by atoms with Gasteiger partial charge in [-0.25, -0.2) is 19.2 Å². The Balaban J connectivity index is 3.64. The van der Waals surface area contributed by atoms with Gasteiger partial charge in [0, 0.05) is 23.0 Å². The van der Waals surface area contributed by atoms with Crippen molar-refractivity contribution in [1.82, 2.24) is 0 Å². The molecule has 1 aromatic rings. The van der Waals surface area contributed by atoms with Crippen molar-refractivity contribution >= 4 is 23.9 Å². The monoisotopic (exact) mass is 414 g/mol. The Morgan fingerprint density at radius 3 is 1.27 bits per heavy atom. The van der Waals surface area contributed by atoms with Crippen molar-refractivity contribution in [1.29, 1.82) is 0 Å². The van der Waals surface area contributed by atoms with Crippen LogP contribution < -0.4 is 0 Å². The van der Waals surface area contributed by atoms with Crippen LogP contribution in [0.3, 0.4) is 0 Å². The molecule has 0 aromatic heterocycles. The molecule has 0 heterocycles. The first-order valence-electron chi connectivity index (χ1n) is 9.27. The van der Waals surface area contributed by atoms with Gasteiger partial charge in [0.2, 0.25) is 0 Å². The first-order valence-corrected chi connectivity index (χ1v) is 9.27. The summed E-state index contributed by atoms with van der Waals surface area (Å²) >= 11 is 0. The minimum Gasteiger partial charge on any atom is -0.462 e. The minimum absolute atomic E-state index is 0.0325. The zero-order valence-electron chi connectivity index (χ0n) is 17.2. The number of hydrogen-bond donors (Lipinski definition) is 0. The fourth-order valence-corrected chi connectivity index (χ4v) is 2.13. The maximum atomic E-state index is 12.4. The Morgan fingerprint density at radius 1 is 0.633 bits per heavy atom. The first kappa shape index (κ1) is 24.3. The Bertz CT molecular complexity index is 860. The van der Waals surface area contributed by atoms with Gasteiger partial charge in [0.25, 0.3) is 0 Å². The van der Waals surface area contributed by atoms with Crippen LogP contribution in [0.1, 0.15) is 59.5 Å². The van der Waals surface area contributed by atoms with Crippen LogP contribution in [0.5, 0.6) is 0 Å². The SMILES string of the molecule is CCOC(=O)C#Cc1cc(C(=O)OCC)c(C#CC(=O)OCC)cc1C(=O)OCC. The molecule has 0 atom stereocenters. The highest BCUT2D eigenvalue weighted by atomic mass is 16.5. The maximum Gasteiger partial charge on any atom is 0.384 e. The number of hydrogen-bond acceptors (Lipinski definition) is 8. The van der Waals surface area contributed by atoms with Gasteiger partial charge < -0.3 is 18.9 Å². The van der Waals surface area contributed by atoms with E-state index in [2.05, 4.69) is 23.7 Å². The largest absolute Gasteiger partial charge is 0.462 e. The molecule has 0 saturated carbocycles. The van der Waals surface area contributed by atoms with Gasteiger partial charge in [-0.05, 0) is 39.8 Å². The quantitative estimate of drug-likeness (QED) is 0.395. The van der Waals surface area contributed by atoms with Gasteiger partial charge in [-0.3, -0.25) is 0 Å². The van der Waals surface area contributed by atoms with Gasteiger partial charge in [0.1, 0.15) is 0 Å². The summed E-state index contributed by atoms with van der Waals surface area (Å²) in [6.45, 7) is 6.94. The number of esters is 4. The molecule has 8 nitrogen and oxygen atoms in total. The second-order valence-corrected chi connectivity index (χ2v) is 5.33. The van der Waals surface area contributed by atoms with Gasteiger partial charge >= 0.3 is 23.9 Å². The molecule has 8 heteroatoms. The van der Waals surface area contributed by atoms with E-state index in [1.165, 1.54) is 12.1 Å². The Hall–Kier alpha value is -3.78. The Labute approximate surface area is 174 Å². The summed E-state index contributed by atoms with van der Waals surface area (Å²) in [4.78, 5) is 47.9. The standard InChI is InChI=1S/C22H22O8/c1-5-27-19(23)11-9-15-13-18(22(26)30-8-4)16(10-12-20(24)28-6-2)14-17(15)21(25)29-7-3/h13-14H,5-8H2,1-4H3. The van der Waals surface area contributed by atoms with Crippen LogP contribution in [-0.4, -0.2) is 50.3 Å². The van der Waals surface area contributed by atoms with Crippen LogP contribution in [0.2, 0.25) is 0 Å². The fraction of sp³-hybridized carbons (Fsp3) is 0.364. The van der Waals surface area contributed by atoms with Crippen LogP contribution >= 0.6 is 0 Å². The predicted octanol–water partition coefficient (Wildman–Crippen LogP) is 1.87. The fourth-order valence-electron chi connectivity index (χ4n) is 2.13. The van der Waals surface area contributed by atoms with E-state index in [1.807, 2.05) is 0 Å². The third-order valence-electron chi connectivity index (χ3n) is 3.30. The van der Waals surface area contributed by atoms with E-state index in [-0.39, 0.29) is 48.7 Å². The third-order valence-corrected chi connectivity index (χ3v) is 3.30. The predicted molar refractivity (Wildman–Crippen MR) is 105 cm³/mol. The van der Waals surface area contributed by atoms with Gasteiger partial charge in [-0.15, -0.1) is 0 Å². The molecule has 1 aromatic carbocycles. The number of rotatable bonds is 6. The minimum atomic E-state index is -0.795. The molecule has 0 amide bonds. The number of carbonyl (C=O) groups excluding carboxylic acids is 4. The van der Waals surface area contributed by atoms with Crippen molar-refractivity contribution in [2.45, 2.75) is 27.7 Å². The molecule has 0 bridgehead atoms. The molecular formula is C22H22O8. The molecule has 0 unspecified atom stereocenters. The van der Waals surface area contributed by atoms with Crippen LogP contribution in [-0.2, 0) is 28.5 Å². The molecule has 0 saturated heterocycles. The summed E-state index contributed by atoms with van der Waals surface area (Å²) in [6.07, 6.45) is 0. The molecule has 0 aliphatic heterocycles. The summed E-state index contributed by atoms with van der Waals surface area (Å²) in [5.74, 6) is 6.45. The van der Waals surface area contributed by atoms with E-state index >= 15 is 0 Å². The van der Waals surface area contributed by atoms with E-state index in [0.717, 1.165) is 0 Å². The highest BCUT2D eigenvalue weighted by Gasteiger charge is 2.20. The molecule has 30 heavy (non-hydrogen) atoms. The summed E-state index contributed by atoms with van der Waals surface area (Å²) in [5.41, 5.74) is 0.0298. The zero-order chi connectivity index (χ0) is 22.5. The second-order valence-electron chi connectivity index (χ2n) is 5.33. The summed E-state index contributed by atoms with van der Waals surface area (Å²) < 4.78 is 19.5. The lowest BCUT2D eigenvalue weighted by atomic mass is 9.98. The van der Waals surface area contributed by atoms with Crippen LogP contribution in [0, 0.1) is 23.7 Å². The van der Waals surface area contributed by atoms with Crippen molar-refractivity contribution in [2.75, 3.05) is 26.4 Å². The Morgan fingerprint density at radius 2 is 0.967 bits per heavy atom. The van der Waals surface area contributed by atoms with Crippen molar-refractivity contribution in [3.05, 3.63) is 34.4 Å². The number of benzene rings is 1. The van der Waals surface area contributed by atoms with E-state index in [0.29, 0.717) is 0 Å². The molecular weight excluding hydrogens is 392 g/mol. The van der Waals surface area contributed by atoms with Crippen molar-refractivity contribution in [3.63, 3.8) is 0 Å². The van der Waals surface area contributed by atoms with Crippen molar-refractivity contribution < 1.29 is 38.1 Å². The highest BCUT2D eigenvalue weighted by molar-refractivity contribution is 6.00. The molecule has 0 N–H and O–H groups in total. The lowest BCUT2D eigenvalue weighted by Crippen LogP contribution is -2.13. The van der Waals surface area contributed by atoms with Crippen LogP contribution in [0.4, 0.5) is 0 Å². The van der Waals surface area contributed by atoms with Gasteiger partial charge in [-0.1, -0.05) is 11.8 Å². The summed E-state index contributed by atoms with van der Waals surface area (Å²) in [7, 11) is 0. The van der Waals surface area contributed by atoms with Gasteiger partial charge in [0.05, 0.1) is 37.6 Å². The first-order chi connectivity index (χ1) is 14.4. The van der Waals surface area contributed by atoms with Crippen LogP contribution in [0.25, 0.3) is 0 Å². The molecule has 1 rings (SSSR count). The normalized spacial score (nSPS) is 9.20. The molecule has 0 radical (unpaired) electrons. The van der Waals surface area contributed by atoms with Gasteiger partial charge in [-0.2, -0.15) is 0 Å². The van der Waals surface area contributed by atoms with Crippen molar-refractivity contribution in [3.8, 4) is 23.7 Å². The molecule has 0 aliphatic carbocycles. The molecule has 0 aliphatic rings. The van der Waals surface area contributed by atoms with Gasteiger partial charge in [0.15, 0.2) is 0 Å². The van der Waals surface area contributed by atoms with E-state index in [4.69, 9.17) is 18.9 Å². The lowest BCUT2D eigenvalue weighted by Gasteiger charge is -2.10. The second kappa shape index (κ2) is 12.6. The molecule has 0 spiro atoms. The summed E-state index contributed by atoms with van der Waals surface area (Å²) in [5, 5.41) is 0. The summed E-state index contributed by atoms with van der Waals surface area (Å²) in [6, 6.07) is 2.51. The molecule has 158 valence electrons. The molecule has 0 fully saturated rings. The smallest absolute Gasteiger partial charge is 0.384 e. The maximum absolute atomic E-state index is 12.4. The average molecular weight is 414 g/mol. The zero-order valence-corrected chi connectivity index (χ0v) is 17.2. The third kappa shape index (κ3) is 7.33.